The molecule has 0 bridgehead atoms. The summed E-state index contributed by atoms with van der Waals surface area (Å²) in [6.45, 7) is 1.67. The first kappa shape index (κ1) is 26.5. The van der Waals surface area contributed by atoms with E-state index in [1.54, 1.807) is 6.92 Å². The maximum atomic E-state index is 13.2. The molecule has 0 fully saturated rings. The fraction of sp³-hybridized carbons (Fsp3) is 0.160. The van der Waals surface area contributed by atoms with Gasteiger partial charge in [-0.15, -0.1) is 0 Å². The number of hydrogen-bond donors (Lipinski definition) is 3. The number of ether oxygens (including phenoxy) is 2. The first-order valence-electron chi connectivity index (χ1n) is 11.3. The summed E-state index contributed by atoms with van der Waals surface area (Å²) >= 11 is 0. The molecular formula is C25H21N5O9. The molecule has 3 aromatic rings. The minimum absolute atomic E-state index is 0.0137. The Bertz CT molecular complexity index is 1550. The van der Waals surface area contributed by atoms with E-state index in [1.165, 1.54) is 38.5 Å². The molecule has 1 unspecified atom stereocenters. The van der Waals surface area contributed by atoms with Crippen LogP contribution in [0.1, 0.15) is 39.1 Å². The Morgan fingerprint density at radius 1 is 0.821 bits per heavy atom. The molecule has 39 heavy (non-hydrogen) atoms. The van der Waals surface area contributed by atoms with Gasteiger partial charge in [-0.25, -0.2) is 0 Å². The first-order chi connectivity index (χ1) is 18.5. The van der Waals surface area contributed by atoms with Gasteiger partial charge in [-0.05, 0) is 36.8 Å². The van der Waals surface area contributed by atoms with Crippen LogP contribution < -0.4 is 25.4 Å². The monoisotopic (exact) mass is 535 g/mol. The molecule has 1 aliphatic rings. The maximum absolute atomic E-state index is 13.2. The molecular weight excluding hydrogens is 514 g/mol. The number of benzene rings is 3. The van der Waals surface area contributed by atoms with Crippen molar-refractivity contribution in [3.8, 4) is 11.5 Å². The molecule has 1 aliphatic heterocycles. The number of hydrogen-bond acceptors (Lipinski definition) is 9. The molecule has 1 heterocycles. The van der Waals surface area contributed by atoms with Crippen molar-refractivity contribution in [3.63, 3.8) is 0 Å². The number of methoxy groups -OCH3 is 2. The predicted octanol–water partition coefficient (Wildman–Crippen LogP) is 4.08. The van der Waals surface area contributed by atoms with Crippen molar-refractivity contribution >= 4 is 46.2 Å². The highest BCUT2D eigenvalue weighted by molar-refractivity contribution is 6.13. The van der Waals surface area contributed by atoms with E-state index >= 15 is 0 Å². The summed E-state index contributed by atoms with van der Waals surface area (Å²) in [7, 11) is 2.51. The fourth-order valence-corrected chi connectivity index (χ4v) is 4.01. The lowest BCUT2D eigenvalue weighted by molar-refractivity contribution is -0.385. The lowest BCUT2D eigenvalue weighted by Crippen LogP contribution is -2.18. The first-order valence-corrected chi connectivity index (χ1v) is 11.3. The highest BCUT2D eigenvalue weighted by atomic mass is 16.6. The predicted molar refractivity (Wildman–Crippen MR) is 139 cm³/mol. The van der Waals surface area contributed by atoms with Crippen LogP contribution in [0.25, 0.3) is 0 Å². The van der Waals surface area contributed by atoms with E-state index in [0.29, 0.717) is 11.3 Å². The van der Waals surface area contributed by atoms with Crippen molar-refractivity contribution in [1.29, 1.82) is 0 Å². The van der Waals surface area contributed by atoms with Gasteiger partial charge >= 0.3 is 0 Å². The number of non-ortho nitro benzene ring substituents is 2. The second-order valence-corrected chi connectivity index (χ2v) is 8.39. The van der Waals surface area contributed by atoms with Gasteiger partial charge in [0.05, 0.1) is 64.6 Å². The zero-order chi connectivity index (χ0) is 28.4. The van der Waals surface area contributed by atoms with Crippen molar-refractivity contribution in [2.45, 2.75) is 12.8 Å². The molecule has 0 spiro atoms. The van der Waals surface area contributed by atoms with Crippen molar-refractivity contribution in [3.05, 3.63) is 85.4 Å². The van der Waals surface area contributed by atoms with Gasteiger partial charge < -0.3 is 25.4 Å². The van der Waals surface area contributed by atoms with E-state index in [1.807, 2.05) is 0 Å². The number of nitro benzene ring substituents is 2. The number of nitrogens with one attached hydrogen (secondary N) is 3. The zero-order valence-corrected chi connectivity index (χ0v) is 20.8. The largest absolute Gasteiger partial charge is 0.496 e. The van der Waals surface area contributed by atoms with E-state index < -0.39 is 27.6 Å². The van der Waals surface area contributed by atoms with E-state index in [4.69, 9.17) is 9.47 Å². The van der Waals surface area contributed by atoms with Crippen LogP contribution in [-0.2, 0) is 4.79 Å². The number of anilines is 3. The summed E-state index contributed by atoms with van der Waals surface area (Å²) < 4.78 is 10.3. The van der Waals surface area contributed by atoms with Crippen LogP contribution in [0.2, 0.25) is 0 Å². The third kappa shape index (κ3) is 5.16. The van der Waals surface area contributed by atoms with Gasteiger partial charge in [0.1, 0.15) is 11.5 Å². The maximum Gasteiger partial charge on any atom is 0.273 e. The summed E-state index contributed by atoms with van der Waals surface area (Å²) in [5.41, 5.74) is 0.628. The van der Waals surface area contributed by atoms with Crippen molar-refractivity contribution in [2.24, 2.45) is 0 Å². The van der Waals surface area contributed by atoms with E-state index in [2.05, 4.69) is 16.0 Å². The Morgan fingerprint density at radius 2 is 1.28 bits per heavy atom. The molecule has 14 nitrogen and oxygen atoms in total. The number of carbonyl (C=O) groups is 3. The summed E-state index contributed by atoms with van der Waals surface area (Å²) in [5, 5.41) is 30.2. The van der Waals surface area contributed by atoms with Gasteiger partial charge in [0.25, 0.3) is 23.2 Å². The van der Waals surface area contributed by atoms with Crippen LogP contribution in [0.15, 0.2) is 48.5 Å². The second-order valence-electron chi connectivity index (χ2n) is 8.39. The third-order valence-corrected chi connectivity index (χ3v) is 6.08. The Balaban J connectivity index is 1.72. The molecule has 3 aromatic carbocycles. The van der Waals surface area contributed by atoms with Gasteiger partial charge in [0.2, 0.25) is 5.91 Å². The minimum Gasteiger partial charge on any atom is -0.496 e. The Kier molecular flexibility index (Phi) is 7.11. The zero-order valence-electron chi connectivity index (χ0n) is 20.8. The normalized spacial score (nSPS) is 13.6. The number of rotatable bonds is 8. The lowest BCUT2D eigenvalue weighted by atomic mass is 10.0. The number of amides is 3. The lowest BCUT2D eigenvalue weighted by Gasteiger charge is -2.17. The Labute approximate surface area is 220 Å². The molecule has 0 saturated carbocycles. The number of fused-ring (bicyclic) bond motifs is 1. The molecule has 3 N–H and O–H groups in total. The summed E-state index contributed by atoms with van der Waals surface area (Å²) in [5.74, 6) is -2.32. The number of nitro groups is 2. The van der Waals surface area contributed by atoms with Crippen LogP contribution in [0.3, 0.4) is 0 Å². The molecule has 0 radical (unpaired) electrons. The molecule has 0 aromatic heterocycles. The molecule has 0 aliphatic carbocycles. The van der Waals surface area contributed by atoms with Gasteiger partial charge in [-0.3, -0.25) is 34.6 Å². The van der Waals surface area contributed by atoms with Crippen molar-refractivity contribution in [1.82, 2.24) is 0 Å². The van der Waals surface area contributed by atoms with Gasteiger partial charge in [-0.2, -0.15) is 0 Å². The van der Waals surface area contributed by atoms with Crippen LogP contribution in [0.5, 0.6) is 11.5 Å². The SMILES string of the molecule is COc1cc([N+](=O)[O-])ccc1C(=O)Nc1cc2c(cc1NC(=O)c1ccc([N+](=O)[O-])cc1OC)C(C)C(=O)N2. The fourth-order valence-electron chi connectivity index (χ4n) is 4.01. The highest BCUT2D eigenvalue weighted by Crippen LogP contribution is 2.39. The van der Waals surface area contributed by atoms with Gasteiger partial charge in [0, 0.05) is 17.8 Å². The molecule has 200 valence electrons. The molecule has 0 saturated heterocycles. The molecule has 1 atom stereocenters. The van der Waals surface area contributed by atoms with Gasteiger partial charge in [0.15, 0.2) is 0 Å². The summed E-state index contributed by atoms with van der Waals surface area (Å²) in [6.07, 6.45) is 0. The number of nitrogens with zero attached hydrogens (tertiary/aromatic N) is 2. The standard InChI is InChI=1S/C25H21N5O9/c1-12-17-10-19(27-24(32)15-6-4-13(29(34)35)8-21(15)38-2)20(11-18(17)26-23(12)31)28-25(33)16-7-5-14(30(36)37)9-22(16)39-3/h4-12H,1-3H3,(H,26,31)(H,27,32)(H,28,33). The quantitative estimate of drug-likeness (QED) is 0.281. The van der Waals surface area contributed by atoms with Crippen LogP contribution >= 0.6 is 0 Å². The summed E-state index contributed by atoms with van der Waals surface area (Å²) in [4.78, 5) is 59.6. The van der Waals surface area contributed by atoms with Crippen LogP contribution in [0, 0.1) is 20.2 Å². The topological polar surface area (TPSA) is 192 Å². The highest BCUT2D eigenvalue weighted by Gasteiger charge is 2.29. The Hall–Kier alpha value is -5.53. The van der Waals surface area contributed by atoms with Gasteiger partial charge in [-0.1, -0.05) is 0 Å². The number of carbonyl (C=O) groups excluding carboxylic acids is 3. The Morgan fingerprint density at radius 3 is 1.72 bits per heavy atom. The van der Waals surface area contributed by atoms with Crippen molar-refractivity contribution in [2.75, 3.05) is 30.2 Å². The van der Waals surface area contributed by atoms with E-state index in [9.17, 15) is 34.6 Å². The molecule has 4 rings (SSSR count). The minimum atomic E-state index is -0.706. The van der Waals surface area contributed by atoms with E-state index in [-0.39, 0.29) is 51.3 Å². The van der Waals surface area contributed by atoms with Crippen molar-refractivity contribution < 1.29 is 33.7 Å². The van der Waals surface area contributed by atoms with E-state index in [0.717, 1.165) is 24.3 Å². The molecule has 3 amide bonds. The second kappa shape index (κ2) is 10.5. The molecule has 14 heteroatoms. The third-order valence-electron chi connectivity index (χ3n) is 6.08. The summed E-state index contributed by atoms with van der Waals surface area (Å²) in [6, 6.07) is 9.94. The average molecular weight is 535 g/mol. The van der Waals surface area contributed by atoms with Crippen LogP contribution in [-0.4, -0.2) is 41.8 Å². The van der Waals surface area contributed by atoms with Crippen LogP contribution in [0.4, 0.5) is 28.4 Å². The average Bonchev–Trinajstić information content (AvgIpc) is 3.19. The smallest absolute Gasteiger partial charge is 0.273 e.